The molecule has 9 heteroatoms. The van der Waals surface area contributed by atoms with Crippen molar-refractivity contribution < 1.29 is 14.3 Å². The second-order valence-corrected chi connectivity index (χ2v) is 10.9. The number of fused-ring (bicyclic) bond motifs is 1. The number of H-pyrrole nitrogens is 1. The van der Waals surface area contributed by atoms with Crippen molar-refractivity contribution in [3.63, 3.8) is 0 Å². The molecule has 1 N–H and O–H groups in total. The van der Waals surface area contributed by atoms with E-state index in [-0.39, 0.29) is 11.9 Å². The summed E-state index contributed by atoms with van der Waals surface area (Å²) >= 11 is 12.1. The van der Waals surface area contributed by atoms with Crippen molar-refractivity contribution in [1.29, 1.82) is 0 Å². The number of benzene rings is 3. The van der Waals surface area contributed by atoms with Crippen molar-refractivity contribution in [3.05, 3.63) is 105 Å². The first-order valence-corrected chi connectivity index (χ1v) is 14.2. The Kier molecular flexibility index (Phi) is 8.07. The van der Waals surface area contributed by atoms with Crippen LogP contribution in [-0.2, 0) is 11.3 Å². The molecular weight excluding hydrogens is 547 g/mol. The predicted molar refractivity (Wildman–Crippen MR) is 156 cm³/mol. The fraction of sp³-hybridized carbons (Fsp3) is 0.290. The average molecular weight is 578 g/mol. The minimum Gasteiger partial charge on any atom is -0.489 e. The van der Waals surface area contributed by atoms with Gasteiger partial charge in [0.1, 0.15) is 18.1 Å². The molecule has 1 unspecified atom stereocenters. The number of hydrogen-bond donors (Lipinski definition) is 1. The molecule has 3 aromatic carbocycles. The molecule has 0 saturated carbocycles. The summed E-state index contributed by atoms with van der Waals surface area (Å²) in [7, 11) is 0. The first kappa shape index (κ1) is 26.8. The van der Waals surface area contributed by atoms with Gasteiger partial charge >= 0.3 is 0 Å². The van der Waals surface area contributed by atoms with Crippen LogP contribution in [0.5, 0.6) is 5.75 Å². The third-order valence-corrected chi connectivity index (χ3v) is 7.98. The van der Waals surface area contributed by atoms with Crippen LogP contribution in [0.3, 0.4) is 0 Å². The zero-order valence-electron chi connectivity index (χ0n) is 22.0. The van der Waals surface area contributed by atoms with Crippen LogP contribution in [0.2, 0.25) is 10.0 Å². The van der Waals surface area contributed by atoms with Crippen LogP contribution in [-0.4, -0.2) is 65.3 Å². The van der Waals surface area contributed by atoms with Gasteiger partial charge in [-0.2, -0.15) is 5.10 Å². The summed E-state index contributed by atoms with van der Waals surface area (Å²) in [5.41, 5.74) is 5.17. The van der Waals surface area contributed by atoms with Crippen molar-refractivity contribution in [1.82, 2.24) is 20.0 Å². The number of morpholine rings is 1. The molecule has 2 aliphatic heterocycles. The Balaban J connectivity index is 1.26. The number of rotatable bonds is 9. The lowest BCUT2D eigenvalue weighted by Gasteiger charge is -2.29. The van der Waals surface area contributed by atoms with Gasteiger partial charge in [-0.05, 0) is 53.9 Å². The molecule has 1 atom stereocenters. The fourth-order valence-electron chi connectivity index (χ4n) is 5.38. The molecule has 0 aliphatic carbocycles. The van der Waals surface area contributed by atoms with E-state index >= 15 is 0 Å². The third-order valence-electron chi connectivity index (χ3n) is 7.47. The van der Waals surface area contributed by atoms with Crippen molar-refractivity contribution in [2.45, 2.75) is 19.1 Å². The number of aromatic amines is 1. The molecule has 7 nitrogen and oxygen atoms in total. The van der Waals surface area contributed by atoms with Gasteiger partial charge in [0.25, 0.3) is 5.91 Å². The molecule has 40 heavy (non-hydrogen) atoms. The topological polar surface area (TPSA) is 70.7 Å². The van der Waals surface area contributed by atoms with Crippen LogP contribution in [0.1, 0.15) is 39.6 Å². The van der Waals surface area contributed by atoms with E-state index in [0.717, 1.165) is 73.0 Å². The van der Waals surface area contributed by atoms with Gasteiger partial charge in [-0.25, -0.2) is 0 Å². The lowest BCUT2D eigenvalue weighted by atomic mass is 9.96. The molecule has 206 valence electrons. The van der Waals surface area contributed by atoms with Crippen molar-refractivity contribution in [2.24, 2.45) is 0 Å². The number of carbonyl (C=O) groups excluding carboxylic acids is 1. The summed E-state index contributed by atoms with van der Waals surface area (Å²) in [5, 5.41) is 8.96. The van der Waals surface area contributed by atoms with Gasteiger partial charge in [-0.3, -0.25) is 14.8 Å². The minimum absolute atomic E-state index is 0.0299. The normalized spacial score (nSPS) is 17.3. The zero-order chi connectivity index (χ0) is 27.5. The lowest BCUT2D eigenvalue weighted by molar-refractivity contribution is 0.0354. The Hall–Kier alpha value is -3.36. The summed E-state index contributed by atoms with van der Waals surface area (Å²) in [6.07, 6.45) is 0.874. The van der Waals surface area contributed by atoms with Gasteiger partial charge in [0.15, 0.2) is 0 Å². The number of amides is 1. The molecular formula is C31H30Cl2N4O3. The van der Waals surface area contributed by atoms with Gasteiger partial charge in [-0.15, -0.1) is 0 Å². The standard InChI is InChI=1S/C31H30Cl2N4O3/c32-24-8-2-21(3-9-24)20-40-26-12-6-23(7-13-26)30-27-28(22-4-10-25(33)11-5-22)34-35-29(27)31(38)37(30)15-1-14-36-16-18-39-19-17-36/h2-13,30H,1,14-20H2,(H,34,35). The summed E-state index contributed by atoms with van der Waals surface area (Å²) < 4.78 is 11.5. The van der Waals surface area contributed by atoms with Crippen LogP contribution in [0, 0.1) is 0 Å². The number of carbonyl (C=O) groups is 1. The van der Waals surface area contributed by atoms with E-state index < -0.39 is 0 Å². The summed E-state index contributed by atoms with van der Waals surface area (Å²) in [4.78, 5) is 18.0. The van der Waals surface area contributed by atoms with Gasteiger partial charge < -0.3 is 14.4 Å². The van der Waals surface area contributed by atoms with Gasteiger partial charge in [0.05, 0.1) is 24.9 Å². The van der Waals surface area contributed by atoms with E-state index in [2.05, 4.69) is 15.1 Å². The monoisotopic (exact) mass is 576 g/mol. The first-order valence-electron chi connectivity index (χ1n) is 13.5. The molecule has 1 fully saturated rings. The average Bonchev–Trinajstić information content (AvgIpc) is 3.53. The summed E-state index contributed by atoms with van der Waals surface area (Å²) in [5.74, 6) is 0.727. The Morgan fingerprint density at radius 3 is 2.27 bits per heavy atom. The zero-order valence-corrected chi connectivity index (χ0v) is 23.5. The molecule has 1 amide bonds. The second kappa shape index (κ2) is 12.0. The van der Waals surface area contributed by atoms with Crippen LogP contribution in [0.15, 0.2) is 72.8 Å². The molecule has 0 radical (unpaired) electrons. The van der Waals surface area contributed by atoms with E-state index in [9.17, 15) is 4.79 Å². The maximum absolute atomic E-state index is 13.7. The molecule has 1 saturated heterocycles. The maximum atomic E-state index is 13.7. The molecule has 1 aromatic heterocycles. The van der Waals surface area contributed by atoms with E-state index in [1.165, 1.54) is 0 Å². The highest BCUT2D eigenvalue weighted by Crippen LogP contribution is 2.43. The predicted octanol–water partition coefficient (Wildman–Crippen LogP) is 6.23. The molecule has 3 heterocycles. The van der Waals surface area contributed by atoms with Crippen LogP contribution < -0.4 is 4.74 Å². The SMILES string of the molecule is O=C1c2[nH]nc(-c3ccc(Cl)cc3)c2C(c2ccc(OCc3ccc(Cl)cc3)cc2)N1CCCN1CCOCC1. The molecule has 0 spiro atoms. The smallest absolute Gasteiger partial charge is 0.273 e. The Morgan fingerprint density at radius 1 is 0.900 bits per heavy atom. The number of hydrogen-bond acceptors (Lipinski definition) is 5. The quantitative estimate of drug-likeness (QED) is 0.256. The van der Waals surface area contributed by atoms with Crippen molar-refractivity contribution in [3.8, 4) is 17.0 Å². The first-order chi connectivity index (χ1) is 19.6. The Morgan fingerprint density at radius 2 is 1.57 bits per heavy atom. The third kappa shape index (κ3) is 5.74. The number of halogens is 2. The number of nitrogens with one attached hydrogen (secondary N) is 1. The largest absolute Gasteiger partial charge is 0.489 e. The number of ether oxygens (including phenoxy) is 2. The summed E-state index contributed by atoms with van der Waals surface area (Å²) in [6.45, 7) is 5.39. The van der Waals surface area contributed by atoms with Crippen molar-refractivity contribution in [2.75, 3.05) is 39.4 Å². The highest BCUT2D eigenvalue weighted by molar-refractivity contribution is 6.30. The Labute approximate surface area is 243 Å². The van der Waals surface area contributed by atoms with Gasteiger partial charge in [0.2, 0.25) is 0 Å². The summed E-state index contributed by atoms with van der Waals surface area (Å²) in [6, 6.07) is 22.9. The number of aromatic nitrogens is 2. The van der Waals surface area contributed by atoms with Gasteiger partial charge in [0, 0.05) is 47.4 Å². The molecule has 4 aromatic rings. The fourth-order valence-corrected chi connectivity index (χ4v) is 5.64. The maximum Gasteiger partial charge on any atom is 0.273 e. The van der Waals surface area contributed by atoms with Crippen LogP contribution >= 0.6 is 23.2 Å². The van der Waals surface area contributed by atoms with E-state index in [0.29, 0.717) is 28.9 Å². The molecule has 6 rings (SSSR count). The van der Waals surface area contributed by atoms with E-state index in [1.807, 2.05) is 77.7 Å². The van der Waals surface area contributed by atoms with Crippen molar-refractivity contribution >= 4 is 29.1 Å². The Bertz CT molecular complexity index is 1450. The van der Waals surface area contributed by atoms with E-state index in [1.54, 1.807) is 0 Å². The molecule has 2 aliphatic rings. The second-order valence-electron chi connectivity index (χ2n) is 10.1. The minimum atomic E-state index is -0.262. The highest BCUT2D eigenvalue weighted by atomic mass is 35.5. The number of nitrogens with zero attached hydrogens (tertiary/aromatic N) is 3. The van der Waals surface area contributed by atoms with Gasteiger partial charge in [-0.1, -0.05) is 59.6 Å². The highest BCUT2D eigenvalue weighted by Gasteiger charge is 2.42. The molecule has 0 bridgehead atoms. The van der Waals surface area contributed by atoms with Crippen LogP contribution in [0.25, 0.3) is 11.3 Å². The van der Waals surface area contributed by atoms with Crippen LogP contribution in [0.4, 0.5) is 0 Å². The lowest BCUT2D eigenvalue weighted by Crippen LogP contribution is -2.38. The van der Waals surface area contributed by atoms with E-state index in [4.69, 9.17) is 32.7 Å².